The molecule has 0 spiro atoms. The van der Waals surface area contributed by atoms with Gasteiger partial charge in [-0.2, -0.15) is 13.2 Å². The molecule has 40 heavy (non-hydrogen) atoms. The van der Waals surface area contributed by atoms with Gasteiger partial charge in [0.1, 0.15) is 0 Å². The van der Waals surface area contributed by atoms with Crippen LogP contribution < -0.4 is 10.6 Å². The van der Waals surface area contributed by atoms with Crippen LogP contribution in [0.3, 0.4) is 0 Å². The molecule has 3 heterocycles. The van der Waals surface area contributed by atoms with Crippen molar-refractivity contribution in [2.24, 2.45) is 4.99 Å². The van der Waals surface area contributed by atoms with Crippen LogP contribution in [0.15, 0.2) is 76.3 Å². The summed E-state index contributed by atoms with van der Waals surface area (Å²) in [7, 11) is 0. The zero-order chi connectivity index (χ0) is 27.9. The number of aliphatic hydroxyl groups excluding tert-OH is 1. The molecule has 2 aromatic heterocycles. The summed E-state index contributed by atoms with van der Waals surface area (Å²) >= 11 is 0. The van der Waals surface area contributed by atoms with Crippen LogP contribution in [0, 0.1) is 0 Å². The molecule has 12 heteroatoms. The topological polar surface area (TPSA) is 126 Å². The van der Waals surface area contributed by atoms with E-state index in [0.29, 0.717) is 24.8 Å². The molecule has 4 aromatic rings. The smallest absolute Gasteiger partial charge is 0.402 e. The summed E-state index contributed by atoms with van der Waals surface area (Å²) in [6.07, 6.45) is -4.44. The third-order valence-corrected chi connectivity index (χ3v) is 6.93. The van der Waals surface area contributed by atoms with Gasteiger partial charge in [0.05, 0.1) is 29.1 Å². The molecule has 0 saturated heterocycles. The number of aromatic nitrogens is 3. The first-order valence-electron chi connectivity index (χ1n) is 12.6. The number of ketones is 1. The molecule has 0 unspecified atom stereocenters. The molecule has 2 aromatic carbocycles. The van der Waals surface area contributed by atoms with Crippen molar-refractivity contribution < 1.29 is 27.5 Å². The van der Waals surface area contributed by atoms with E-state index in [-0.39, 0.29) is 35.5 Å². The number of aliphatic imine (C=N–C) groups is 1. The third-order valence-electron chi connectivity index (χ3n) is 6.93. The van der Waals surface area contributed by atoms with Crippen molar-refractivity contribution >= 4 is 23.2 Å². The van der Waals surface area contributed by atoms with Crippen LogP contribution in [0.1, 0.15) is 35.1 Å². The van der Waals surface area contributed by atoms with Crippen LogP contribution in [0.5, 0.6) is 0 Å². The highest BCUT2D eigenvalue weighted by atomic mass is 19.4. The van der Waals surface area contributed by atoms with Gasteiger partial charge in [-0.05, 0) is 24.5 Å². The minimum absolute atomic E-state index is 0.000785. The van der Waals surface area contributed by atoms with Gasteiger partial charge in [-0.25, -0.2) is 4.98 Å². The van der Waals surface area contributed by atoms with Crippen molar-refractivity contribution in [3.05, 3.63) is 89.1 Å². The Bertz CT molecular complexity index is 1590. The fourth-order valence-electron chi connectivity index (χ4n) is 4.64. The number of rotatable bonds is 6. The summed E-state index contributed by atoms with van der Waals surface area (Å²) in [5.41, 5.74) is 2.13. The van der Waals surface area contributed by atoms with Crippen LogP contribution in [0.2, 0.25) is 0 Å². The Morgan fingerprint density at radius 2 is 1.75 bits per heavy atom. The van der Waals surface area contributed by atoms with E-state index in [1.165, 1.54) is 0 Å². The molecule has 1 aliphatic heterocycles. The molecule has 0 radical (unpaired) electrons. The Morgan fingerprint density at radius 3 is 2.48 bits per heavy atom. The Kier molecular flexibility index (Phi) is 6.54. The van der Waals surface area contributed by atoms with E-state index < -0.39 is 30.1 Å². The van der Waals surface area contributed by atoms with E-state index >= 15 is 0 Å². The fourth-order valence-corrected chi connectivity index (χ4v) is 4.64. The van der Waals surface area contributed by atoms with Crippen LogP contribution in [-0.4, -0.2) is 50.1 Å². The average Bonchev–Trinajstić information content (AvgIpc) is 3.36. The van der Waals surface area contributed by atoms with Gasteiger partial charge >= 0.3 is 12.2 Å². The van der Waals surface area contributed by atoms with E-state index in [1.807, 2.05) is 54.6 Å². The second-order valence-electron chi connectivity index (χ2n) is 9.62. The van der Waals surface area contributed by atoms with Crippen molar-refractivity contribution in [1.82, 2.24) is 15.2 Å². The number of aliphatic hydroxyl groups is 1. The van der Waals surface area contributed by atoms with Crippen LogP contribution in [-0.2, 0) is 17.4 Å². The number of halogens is 3. The van der Waals surface area contributed by atoms with Crippen molar-refractivity contribution in [3.63, 3.8) is 0 Å². The highest BCUT2D eigenvalue weighted by molar-refractivity contribution is 6.16. The summed E-state index contributed by atoms with van der Waals surface area (Å²) in [5, 5.41) is 23.6. The van der Waals surface area contributed by atoms with Crippen molar-refractivity contribution in [2.75, 3.05) is 10.6 Å². The number of nitrogens with zero attached hydrogens (tertiary/aromatic N) is 4. The predicted octanol–water partition coefficient (Wildman–Crippen LogP) is 4.49. The first-order valence-corrected chi connectivity index (χ1v) is 12.6. The van der Waals surface area contributed by atoms with Crippen molar-refractivity contribution in [2.45, 2.75) is 43.8 Å². The lowest BCUT2D eigenvalue weighted by atomic mass is 9.89. The SMILES string of the molecule is O=C1Cc2ccccc2C(c2ccccc2)=N[C@@H]1Nc1nnc(-c2ncc(C(F)(F)F)cc2N[C@H]2CC[C@H]2O)o1. The number of hydrogen-bond donors (Lipinski definition) is 3. The van der Waals surface area contributed by atoms with Gasteiger partial charge < -0.3 is 20.2 Å². The molecular weight excluding hydrogens is 525 g/mol. The largest absolute Gasteiger partial charge is 0.417 e. The summed E-state index contributed by atoms with van der Waals surface area (Å²) < 4.78 is 45.8. The lowest BCUT2D eigenvalue weighted by molar-refractivity contribution is -0.137. The van der Waals surface area contributed by atoms with Gasteiger partial charge in [-0.1, -0.05) is 59.7 Å². The van der Waals surface area contributed by atoms with E-state index in [4.69, 9.17) is 9.41 Å². The predicted molar refractivity (Wildman–Crippen MR) is 140 cm³/mol. The molecule has 3 N–H and O–H groups in total. The second-order valence-corrected chi connectivity index (χ2v) is 9.62. The molecule has 2 aliphatic rings. The first kappa shape index (κ1) is 25.7. The number of nitrogens with one attached hydrogen (secondary N) is 2. The molecule has 9 nitrogen and oxygen atoms in total. The van der Waals surface area contributed by atoms with Gasteiger partial charge in [0.15, 0.2) is 17.6 Å². The summed E-state index contributed by atoms with van der Waals surface area (Å²) in [6, 6.07) is 17.3. The van der Waals surface area contributed by atoms with Crippen molar-refractivity contribution in [1.29, 1.82) is 0 Å². The van der Waals surface area contributed by atoms with Crippen LogP contribution in [0.4, 0.5) is 24.9 Å². The Balaban J connectivity index is 1.32. The standard InChI is InChI=1S/C28H23F3N6O3/c29-28(30,31)17-13-20(33-19-10-11-21(19)38)24(32-14-17)26-36-37-27(40-26)35-25-22(39)12-16-8-4-5-9-18(16)23(34-25)15-6-2-1-3-7-15/h1-9,13-14,19,21,25,33,38H,10-12H2,(H,35,37)/t19-,21+,25+/m0/s1. The lowest BCUT2D eigenvalue weighted by Crippen LogP contribution is -2.42. The first-order chi connectivity index (χ1) is 19.3. The number of carbonyl (C=O) groups is 1. The average molecular weight is 549 g/mol. The molecule has 1 aliphatic carbocycles. The highest BCUT2D eigenvalue weighted by Gasteiger charge is 2.35. The number of benzene rings is 2. The van der Waals surface area contributed by atoms with E-state index in [0.717, 1.165) is 22.8 Å². The number of anilines is 2. The molecule has 204 valence electrons. The van der Waals surface area contributed by atoms with Crippen LogP contribution in [0.25, 0.3) is 11.6 Å². The molecule has 0 bridgehead atoms. The van der Waals surface area contributed by atoms with Gasteiger partial charge in [-0.15, -0.1) is 5.10 Å². The van der Waals surface area contributed by atoms with Gasteiger partial charge in [0, 0.05) is 23.7 Å². The Morgan fingerprint density at radius 1 is 0.975 bits per heavy atom. The maximum absolute atomic E-state index is 13.4. The zero-order valence-corrected chi connectivity index (χ0v) is 20.9. The highest BCUT2D eigenvalue weighted by Crippen LogP contribution is 2.36. The molecular formula is C28H23F3N6O3. The molecule has 3 atom stereocenters. The summed E-state index contributed by atoms with van der Waals surface area (Å²) in [6.45, 7) is 0. The van der Waals surface area contributed by atoms with E-state index in [1.54, 1.807) is 0 Å². The maximum Gasteiger partial charge on any atom is 0.417 e. The minimum Gasteiger partial charge on any atom is -0.402 e. The molecule has 6 rings (SSSR count). The van der Waals surface area contributed by atoms with Crippen molar-refractivity contribution in [3.8, 4) is 11.6 Å². The normalized spacial score (nSPS) is 20.6. The summed E-state index contributed by atoms with van der Waals surface area (Å²) in [4.78, 5) is 21.9. The quantitative estimate of drug-likeness (QED) is 0.322. The number of carbonyl (C=O) groups excluding carboxylic acids is 1. The summed E-state index contributed by atoms with van der Waals surface area (Å²) in [5.74, 6) is -0.392. The van der Waals surface area contributed by atoms with E-state index in [2.05, 4.69) is 25.8 Å². The Hall–Kier alpha value is -4.58. The van der Waals surface area contributed by atoms with Gasteiger partial charge in [0.2, 0.25) is 0 Å². The monoisotopic (exact) mass is 548 g/mol. The van der Waals surface area contributed by atoms with Gasteiger partial charge in [-0.3, -0.25) is 9.79 Å². The van der Waals surface area contributed by atoms with E-state index in [9.17, 15) is 23.1 Å². The number of hydrogen-bond acceptors (Lipinski definition) is 9. The molecule has 1 fully saturated rings. The number of alkyl halides is 3. The number of Topliss-reactive ketones (excluding diaryl/α,β-unsaturated/α-hetero) is 1. The number of fused-ring (bicyclic) bond motifs is 1. The second kappa shape index (κ2) is 10.2. The fraction of sp³-hybridized carbons (Fsp3) is 0.250. The minimum atomic E-state index is -4.62. The number of pyridine rings is 1. The molecule has 0 amide bonds. The Labute approximate surface area is 226 Å². The van der Waals surface area contributed by atoms with Crippen LogP contribution >= 0.6 is 0 Å². The lowest BCUT2D eigenvalue weighted by Gasteiger charge is -2.34. The van der Waals surface area contributed by atoms with Gasteiger partial charge in [0.25, 0.3) is 5.89 Å². The third kappa shape index (κ3) is 5.05. The zero-order valence-electron chi connectivity index (χ0n) is 20.9. The maximum atomic E-state index is 13.4. The molecule has 1 saturated carbocycles.